The van der Waals surface area contributed by atoms with Gasteiger partial charge in [0.1, 0.15) is 0 Å². The summed E-state index contributed by atoms with van der Waals surface area (Å²) in [6.45, 7) is 0. The summed E-state index contributed by atoms with van der Waals surface area (Å²) in [6.07, 6.45) is 12.6. The predicted molar refractivity (Wildman–Crippen MR) is 91.7 cm³/mol. The molecule has 0 aromatic carbocycles. The van der Waals surface area contributed by atoms with Crippen LogP contribution in [0.5, 0.6) is 23.5 Å². The molecule has 0 spiro atoms. The molecule has 4 rings (SSSR count). The lowest BCUT2D eigenvalue weighted by atomic mass is 10.1. The first kappa shape index (κ1) is 15.6. The van der Waals surface area contributed by atoms with Gasteiger partial charge in [-0.3, -0.25) is 9.97 Å². The molecule has 0 fully saturated rings. The lowest BCUT2D eigenvalue weighted by Gasteiger charge is -2.07. The molecule has 4 aromatic rings. The van der Waals surface area contributed by atoms with Gasteiger partial charge in [0, 0.05) is 49.3 Å². The minimum atomic E-state index is 0.374. The molecule has 0 unspecified atom stereocenters. The van der Waals surface area contributed by atoms with Crippen molar-refractivity contribution in [1.82, 2.24) is 29.9 Å². The summed E-state index contributed by atoms with van der Waals surface area (Å²) in [5, 5.41) is 0. The van der Waals surface area contributed by atoms with Gasteiger partial charge in [0.15, 0.2) is 0 Å². The molecule has 0 bridgehead atoms. The summed E-state index contributed by atoms with van der Waals surface area (Å²) in [4.78, 5) is 24.5. The smallest absolute Gasteiger partial charge is 0.239 e. The van der Waals surface area contributed by atoms with Crippen molar-refractivity contribution >= 4 is 0 Å². The topological polar surface area (TPSA) is 95.8 Å². The molecule has 0 N–H and O–H groups in total. The van der Waals surface area contributed by atoms with E-state index in [1.807, 2.05) is 12.1 Å². The van der Waals surface area contributed by atoms with E-state index >= 15 is 0 Å². The standard InChI is InChI=1S/C18H12N6O2/c1-3-21-15(25-17-11-19-5-7-23-17)9-13(1)14-2-4-22-16(10-14)26-18-12-20-6-8-24-18/h1-12H. The molecule has 4 aromatic heterocycles. The van der Waals surface area contributed by atoms with Gasteiger partial charge in [-0.2, -0.15) is 0 Å². The van der Waals surface area contributed by atoms with Gasteiger partial charge in [-0.15, -0.1) is 0 Å². The molecule has 126 valence electrons. The summed E-state index contributed by atoms with van der Waals surface area (Å²) in [6, 6.07) is 7.34. The molecule has 0 radical (unpaired) electrons. The second-order valence-corrected chi connectivity index (χ2v) is 5.06. The normalized spacial score (nSPS) is 10.3. The Balaban J connectivity index is 1.57. The molecular formula is C18H12N6O2. The fraction of sp³-hybridized carbons (Fsp3) is 0. The monoisotopic (exact) mass is 344 g/mol. The Hall–Kier alpha value is -3.94. The van der Waals surface area contributed by atoms with E-state index in [-0.39, 0.29) is 0 Å². The Labute approximate surface area is 148 Å². The molecule has 26 heavy (non-hydrogen) atoms. The second kappa shape index (κ2) is 7.31. The quantitative estimate of drug-likeness (QED) is 0.544. The van der Waals surface area contributed by atoms with Crippen LogP contribution in [0.1, 0.15) is 0 Å². The van der Waals surface area contributed by atoms with Gasteiger partial charge in [0.25, 0.3) is 0 Å². The zero-order chi connectivity index (χ0) is 17.6. The molecule has 0 amide bonds. The summed E-state index contributed by atoms with van der Waals surface area (Å²) >= 11 is 0. The van der Waals surface area contributed by atoms with Gasteiger partial charge in [-0.1, -0.05) is 0 Å². The third-order valence-electron chi connectivity index (χ3n) is 3.30. The highest BCUT2D eigenvalue weighted by Crippen LogP contribution is 2.27. The molecule has 8 nitrogen and oxygen atoms in total. The molecule has 4 heterocycles. The number of nitrogens with zero attached hydrogens (tertiary/aromatic N) is 6. The average molecular weight is 344 g/mol. The summed E-state index contributed by atoms with van der Waals surface area (Å²) in [7, 11) is 0. The lowest BCUT2D eigenvalue weighted by Crippen LogP contribution is -1.93. The van der Waals surface area contributed by atoms with Crippen molar-refractivity contribution in [2.24, 2.45) is 0 Å². The van der Waals surface area contributed by atoms with Crippen LogP contribution in [0.25, 0.3) is 11.1 Å². The SMILES string of the molecule is c1cnc(Oc2cc(-c3ccnc(Oc4cnccn4)c3)ccn2)cn1. The third-order valence-corrected chi connectivity index (χ3v) is 3.30. The van der Waals surface area contributed by atoms with Gasteiger partial charge in [-0.05, 0) is 23.3 Å². The zero-order valence-corrected chi connectivity index (χ0v) is 13.4. The summed E-state index contributed by atoms with van der Waals surface area (Å²) in [5.74, 6) is 1.57. The molecule has 0 saturated heterocycles. The van der Waals surface area contributed by atoms with Gasteiger partial charge in [0.05, 0.1) is 12.4 Å². The number of hydrogen-bond donors (Lipinski definition) is 0. The molecule has 0 aliphatic heterocycles. The van der Waals surface area contributed by atoms with Crippen molar-refractivity contribution in [2.75, 3.05) is 0 Å². The highest BCUT2D eigenvalue weighted by molar-refractivity contribution is 5.64. The fourth-order valence-electron chi connectivity index (χ4n) is 2.18. The van der Waals surface area contributed by atoms with Crippen LogP contribution in [0, 0.1) is 0 Å². The van der Waals surface area contributed by atoms with Crippen LogP contribution >= 0.6 is 0 Å². The van der Waals surface area contributed by atoms with Gasteiger partial charge < -0.3 is 9.47 Å². The molecule has 0 aliphatic carbocycles. The minimum Gasteiger partial charge on any atom is -0.419 e. The van der Waals surface area contributed by atoms with Crippen LogP contribution in [0.2, 0.25) is 0 Å². The van der Waals surface area contributed by atoms with E-state index in [0.717, 1.165) is 11.1 Å². The van der Waals surface area contributed by atoms with Gasteiger partial charge in [-0.25, -0.2) is 19.9 Å². The van der Waals surface area contributed by atoms with Crippen LogP contribution in [0.4, 0.5) is 0 Å². The van der Waals surface area contributed by atoms with Crippen LogP contribution in [-0.2, 0) is 0 Å². The van der Waals surface area contributed by atoms with Crippen LogP contribution in [0.15, 0.2) is 73.8 Å². The number of aromatic nitrogens is 6. The Kier molecular flexibility index (Phi) is 4.38. The first-order chi connectivity index (χ1) is 12.9. The molecule has 0 saturated carbocycles. The molecule has 0 aliphatic rings. The third kappa shape index (κ3) is 3.75. The fourth-order valence-corrected chi connectivity index (χ4v) is 2.18. The molecule has 0 atom stereocenters. The number of ether oxygens (including phenoxy) is 2. The number of pyridine rings is 2. The highest BCUT2D eigenvalue weighted by Gasteiger charge is 2.06. The van der Waals surface area contributed by atoms with Crippen LogP contribution in [0.3, 0.4) is 0 Å². The van der Waals surface area contributed by atoms with Crippen LogP contribution < -0.4 is 9.47 Å². The molecular weight excluding hydrogens is 332 g/mol. The van der Waals surface area contributed by atoms with E-state index < -0.39 is 0 Å². The van der Waals surface area contributed by atoms with E-state index in [0.29, 0.717) is 23.5 Å². The minimum absolute atomic E-state index is 0.374. The Bertz CT molecular complexity index is 915. The first-order valence-corrected chi connectivity index (χ1v) is 7.67. The van der Waals surface area contributed by atoms with Crippen molar-refractivity contribution in [3.63, 3.8) is 0 Å². The van der Waals surface area contributed by atoms with Crippen molar-refractivity contribution in [3.8, 4) is 34.6 Å². The predicted octanol–water partition coefficient (Wildman–Crippen LogP) is 3.31. The maximum absolute atomic E-state index is 5.62. The summed E-state index contributed by atoms with van der Waals surface area (Å²) in [5.41, 5.74) is 1.79. The first-order valence-electron chi connectivity index (χ1n) is 7.67. The maximum atomic E-state index is 5.62. The largest absolute Gasteiger partial charge is 0.419 e. The van der Waals surface area contributed by atoms with E-state index in [9.17, 15) is 0 Å². The highest BCUT2D eigenvalue weighted by atomic mass is 16.5. The van der Waals surface area contributed by atoms with E-state index in [1.54, 1.807) is 49.3 Å². The second-order valence-electron chi connectivity index (χ2n) is 5.06. The zero-order valence-electron chi connectivity index (χ0n) is 13.4. The Morgan fingerprint density at radius 3 is 1.38 bits per heavy atom. The van der Waals surface area contributed by atoms with Gasteiger partial charge in [0.2, 0.25) is 23.5 Å². The van der Waals surface area contributed by atoms with Crippen molar-refractivity contribution in [1.29, 1.82) is 0 Å². The lowest BCUT2D eigenvalue weighted by molar-refractivity contribution is 0.441. The van der Waals surface area contributed by atoms with E-state index in [2.05, 4.69) is 29.9 Å². The summed E-state index contributed by atoms with van der Waals surface area (Å²) < 4.78 is 11.2. The maximum Gasteiger partial charge on any atom is 0.239 e. The Morgan fingerprint density at radius 1 is 0.500 bits per heavy atom. The van der Waals surface area contributed by atoms with Crippen molar-refractivity contribution < 1.29 is 9.47 Å². The average Bonchev–Trinajstić information content (AvgIpc) is 2.70. The molecule has 8 heteroatoms. The van der Waals surface area contributed by atoms with E-state index in [4.69, 9.17) is 9.47 Å². The van der Waals surface area contributed by atoms with E-state index in [1.165, 1.54) is 12.4 Å². The number of rotatable bonds is 5. The number of hydrogen-bond acceptors (Lipinski definition) is 8. The van der Waals surface area contributed by atoms with Crippen molar-refractivity contribution in [3.05, 3.63) is 73.8 Å². The van der Waals surface area contributed by atoms with Gasteiger partial charge >= 0.3 is 0 Å². The van der Waals surface area contributed by atoms with Crippen LogP contribution in [-0.4, -0.2) is 29.9 Å². The Morgan fingerprint density at radius 2 is 0.962 bits per heavy atom. The van der Waals surface area contributed by atoms with Crippen molar-refractivity contribution in [2.45, 2.75) is 0 Å².